The van der Waals surface area contributed by atoms with Gasteiger partial charge < -0.3 is 5.32 Å². The van der Waals surface area contributed by atoms with Gasteiger partial charge in [-0.25, -0.2) is 0 Å². The maximum atomic E-state index is 6.30. The highest BCUT2D eigenvalue weighted by atomic mass is 35.5. The van der Waals surface area contributed by atoms with Crippen LogP contribution in [0, 0.1) is 16.7 Å². The zero-order chi connectivity index (χ0) is 14.7. The van der Waals surface area contributed by atoms with Crippen molar-refractivity contribution in [3.8, 4) is 0 Å². The first kappa shape index (κ1) is 15.1. The Morgan fingerprint density at radius 1 is 1.35 bits per heavy atom. The Morgan fingerprint density at radius 3 is 2.55 bits per heavy atom. The molecule has 0 saturated heterocycles. The van der Waals surface area contributed by atoms with E-state index in [4.69, 9.17) is 23.2 Å². The summed E-state index contributed by atoms with van der Waals surface area (Å²) >= 11 is 13.8. The summed E-state index contributed by atoms with van der Waals surface area (Å²) < 4.78 is 1.60. The number of halogens is 2. The minimum absolute atomic E-state index is 0.256. The van der Waals surface area contributed by atoms with Crippen LogP contribution >= 0.6 is 34.5 Å². The van der Waals surface area contributed by atoms with Gasteiger partial charge in [-0.3, -0.25) is 0 Å². The first-order chi connectivity index (χ1) is 9.24. The van der Waals surface area contributed by atoms with Gasteiger partial charge in [0, 0.05) is 12.1 Å². The molecule has 1 aromatic rings. The fourth-order valence-corrected chi connectivity index (χ4v) is 6.35. The fraction of sp³-hybridized carbons (Fsp3) is 0.750. The lowest BCUT2D eigenvalue weighted by Crippen LogP contribution is -2.50. The van der Waals surface area contributed by atoms with E-state index in [1.807, 2.05) is 6.07 Å². The van der Waals surface area contributed by atoms with Crippen LogP contribution in [0.1, 0.15) is 58.6 Å². The maximum Gasteiger partial charge on any atom is 0.0991 e. The van der Waals surface area contributed by atoms with Gasteiger partial charge in [0.15, 0.2) is 0 Å². The smallest absolute Gasteiger partial charge is 0.0991 e. The van der Waals surface area contributed by atoms with Crippen molar-refractivity contribution in [3.05, 3.63) is 20.3 Å². The highest BCUT2D eigenvalue weighted by Crippen LogP contribution is 2.62. The van der Waals surface area contributed by atoms with Crippen LogP contribution in [0.2, 0.25) is 8.67 Å². The average Bonchev–Trinajstić information content (AvgIpc) is 2.93. The molecule has 0 aliphatic heterocycles. The van der Waals surface area contributed by atoms with E-state index in [1.54, 1.807) is 0 Å². The van der Waals surface area contributed by atoms with Crippen LogP contribution in [0.5, 0.6) is 0 Å². The molecule has 0 aromatic carbocycles. The van der Waals surface area contributed by atoms with Crippen molar-refractivity contribution < 1.29 is 0 Å². The number of fused-ring (bicyclic) bond motifs is 2. The zero-order valence-electron chi connectivity index (χ0n) is 12.6. The molecule has 1 nitrogen and oxygen atoms in total. The van der Waals surface area contributed by atoms with Gasteiger partial charge in [0.25, 0.3) is 0 Å². The Labute approximate surface area is 136 Å². The largest absolute Gasteiger partial charge is 0.306 e. The lowest BCUT2D eigenvalue weighted by molar-refractivity contribution is 0.100. The minimum atomic E-state index is 0.256. The number of nitrogens with one attached hydrogen (secondary N) is 1. The van der Waals surface area contributed by atoms with Gasteiger partial charge in [0.05, 0.1) is 8.67 Å². The van der Waals surface area contributed by atoms with Crippen molar-refractivity contribution in [1.82, 2.24) is 5.32 Å². The summed E-state index contributed by atoms with van der Waals surface area (Å²) in [4.78, 5) is 0. The van der Waals surface area contributed by atoms with Crippen molar-refractivity contribution >= 4 is 34.5 Å². The highest BCUT2D eigenvalue weighted by molar-refractivity contribution is 7.20. The van der Waals surface area contributed by atoms with E-state index in [0.717, 1.165) is 20.2 Å². The molecule has 3 rings (SSSR count). The highest BCUT2D eigenvalue weighted by Gasteiger charge is 2.59. The zero-order valence-corrected chi connectivity index (χ0v) is 14.9. The molecule has 0 spiro atoms. The predicted molar refractivity (Wildman–Crippen MR) is 88.9 cm³/mol. The summed E-state index contributed by atoms with van der Waals surface area (Å²) in [6, 6.07) is 2.82. The second-order valence-electron chi connectivity index (χ2n) is 7.52. The van der Waals surface area contributed by atoms with Gasteiger partial charge in [-0.2, -0.15) is 0 Å². The number of thiophene rings is 1. The first-order valence-corrected chi connectivity index (χ1v) is 9.02. The van der Waals surface area contributed by atoms with Gasteiger partial charge in [-0.1, -0.05) is 44.0 Å². The van der Waals surface area contributed by atoms with Crippen LogP contribution in [-0.2, 0) is 0 Å². The van der Waals surface area contributed by atoms with E-state index in [9.17, 15) is 0 Å². The Kier molecular flexibility index (Phi) is 3.69. The SMILES string of the molecule is CC(NC1C2(C)CCC(C2)C1(C)C)c1cc(Cl)sc1Cl. The van der Waals surface area contributed by atoms with Gasteiger partial charge in [0.2, 0.25) is 0 Å². The summed E-state index contributed by atoms with van der Waals surface area (Å²) in [6.45, 7) is 9.51. The summed E-state index contributed by atoms with van der Waals surface area (Å²) in [5.41, 5.74) is 1.95. The Balaban J connectivity index is 1.82. The molecule has 2 saturated carbocycles. The first-order valence-electron chi connectivity index (χ1n) is 7.45. The van der Waals surface area contributed by atoms with Gasteiger partial charge in [0.1, 0.15) is 0 Å². The molecule has 2 bridgehead atoms. The van der Waals surface area contributed by atoms with Crippen LogP contribution in [0.3, 0.4) is 0 Å². The monoisotopic (exact) mass is 331 g/mol. The molecule has 0 radical (unpaired) electrons. The summed E-state index contributed by atoms with van der Waals surface area (Å²) in [6.07, 6.45) is 4.10. The molecule has 4 unspecified atom stereocenters. The second-order valence-corrected chi connectivity index (χ2v) is 9.80. The van der Waals surface area contributed by atoms with E-state index in [1.165, 1.54) is 30.6 Å². The topological polar surface area (TPSA) is 12.0 Å². The van der Waals surface area contributed by atoms with Crippen LogP contribution in [0.25, 0.3) is 0 Å². The van der Waals surface area contributed by atoms with Crippen LogP contribution in [0.15, 0.2) is 6.07 Å². The minimum Gasteiger partial charge on any atom is -0.306 e. The van der Waals surface area contributed by atoms with Crippen molar-refractivity contribution in [2.75, 3.05) is 0 Å². The molecule has 2 fully saturated rings. The van der Waals surface area contributed by atoms with Crippen LogP contribution < -0.4 is 5.32 Å². The summed E-state index contributed by atoms with van der Waals surface area (Å²) in [5.74, 6) is 0.860. The third-order valence-corrected chi connectivity index (χ3v) is 7.35. The van der Waals surface area contributed by atoms with Crippen molar-refractivity contribution in [2.24, 2.45) is 16.7 Å². The van der Waals surface area contributed by atoms with Gasteiger partial charge in [-0.05, 0) is 54.6 Å². The Morgan fingerprint density at radius 2 is 2.05 bits per heavy atom. The Bertz CT molecular complexity index is 520. The number of hydrogen-bond acceptors (Lipinski definition) is 2. The third kappa shape index (κ3) is 2.24. The molecule has 2 aliphatic carbocycles. The Hall–Kier alpha value is 0.240. The predicted octanol–water partition coefficient (Wildman–Crippen LogP) is 5.92. The van der Waals surface area contributed by atoms with Crippen molar-refractivity contribution in [1.29, 1.82) is 0 Å². The molecule has 2 aliphatic rings. The molecule has 4 heteroatoms. The molecular formula is C16H23Cl2NS. The normalized spacial score (nSPS) is 36.5. The van der Waals surface area contributed by atoms with Crippen molar-refractivity contribution in [2.45, 2.75) is 59.0 Å². The van der Waals surface area contributed by atoms with Crippen LogP contribution in [-0.4, -0.2) is 6.04 Å². The summed E-state index contributed by atoms with van der Waals surface area (Å²) in [7, 11) is 0. The number of hydrogen-bond donors (Lipinski definition) is 1. The van der Waals surface area contributed by atoms with Gasteiger partial charge >= 0.3 is 0 Å². The quantitative estimate of drug-likeness (QED) is 0.724. The van der Waals surface area contributed by atoms with E-state index in [-0.39, 0.29) is 6.04 Å². The lowest BCUT2D eigenvalue weighted by atomic mass is 9.68. The third-order valence-electron chi connectivity index (χ3n) is 5.84. The molecule has 112 valence electrons. The van der Waals surface area contributed by atoms with E-state index in [2.05, 4.69) is 33.0 Å². The van der Waals surface area contributed by atoms with E-state index < -0.39 is 0 Å². The van der Waals surface area contributed by atoms with E-state index in [0.29, 0.717) is 16.9 Å². The molecule has 0 amide bonds. The molecule has 1 N–H and O–H groups in total. The molecule has 20 heavy (non-hydrogen) atoms. The standard InChI is InChI=1S/C16H23Cl2NS/c1-9(11-7-12(17)20-13(11)18)19-14-15(2,3)10-5-6-16(14,4)8-10/h7,9-10,14,19H,5-6,8H2,1-4H3. The van der Waals surface area contributed by atoms with Crippen molar-refractivity contribution in [3.63, 3.8) is 0 Å². The fourth-order valence-electron chi connectivity index (χ4n) is 4.71. The lowest BCUT2D eigenvalue weighted by Gasteiger charge is -2.44. The summed E-state index contributed by atoms with van der Waals surface area (Å²) in [5, 5.41) is 3.88. The van der Waals surface area contributed by atoms with Crippen LogP contribution in [0.4, 0.5) is 0 Å². The molecule has 1 aromatic heterocycles. The van der Waals surface area contributed by atoms with E-state index >= 15 is 0 Å². The molecule has 4 atom stereocenters. The second kappa shape index (κ2) is 4.87. The molecular weight excluding hydrogens is 309 g/mol. The average molecular weight is 332 g/mol. The number of rotatable bonds is 3. The van der Waals surface area contributed by atoms with Gasteiger partial charge in [-0.15, -0.1) is 11.3 Å². The molecule has 1 heterocycles. The maximum absolute atomic E-state index is 6.30.